The molecule has 0 aliphatic carbocycles. The minimum absolute atomic E-state index is 0.0156. The third-order valence-electron chi connectivity index (χ3n) is 5.70. The van der Waals surface area contributed by atoms with Gasteiger partial charge >= 0.3 is 0 Å². The van der Waals surface area contributed by atoms with Crippen LogP contribution in [0.15, 0.2) is 54.6 Å². The normalized spacial score (nSPS) is 14.2. The number of halogens is 1. The van der Waals surface area contributed by atoms with Crippen molar-refractivity contribution in [1.29, 1.82) is 0 Å². The van der Waals surface area contributed by atoms with E-state index < -0.39 is 0 Å². The number of hydrogen-bond acceptors (Lipinski definition) is 4. The largest absolute Gasteiger partial charge is 0.353 e. The zero-order chi connectivity index (χ0) is 22.0. The minimum Gasteiger partial charge on any atom is -0.353 e. The van der Waals surface area contributed by atoms with Gasteiger partial charge in [-0.2, -0.15) is 0 Å². The van der Waals surface area contributed by atoms with E-state index in [0.717, 1.165) is 36.0 Å². The van der Waals surface area contributed by atoms with E-state index in [1.54, 1.807) is 12.1 Å². The molecule has 6 heteroatoms. The van der Waals surface area contributed by atoms with Crippen molar-refractivity contribution in [2.45, 2.75) is 26.7 Å². The van der Waals surface area contributed by atoms with Crippen molar-refractivity contribution >= 4 is 23.3 Å². The molecular formula is C25H27ClN4O. The van der Waals surface area contributed by atoms with Gasteiger partial charge in [0.05, 0.1) is 10.6 Å². The van der Waals surface area contributed by atoms with Gasteiger partial charge in [0.2, 0.25) is 0 Å². The summed E-state index contributed by atoms with van der Waals surface area (Å²) in [6.07, 6.45) is 0. The average Bonchev–Trinajstić information content (AvgIpc) is 2.79. The molecule has 1 aliphatic heterocycles. The fraction of sp³-hybridized carbons (Fsp3) is 0.320. The van der Waals surface area contributed by atoms with Crippen LogP contribution in [0.1, 0.15) is 41.4 Å². The highest BCUT2D eigenvalue weighted by molar-refractivity contribution is 6.33. The van der Waals surface area contributed by atoms with Gasteiger partial charge in [0.25, 0.3) is 5.91 Å². The molecule has 2 heterocycles. The second-order valence-electron chi connectivity index (χ2n) is 8.15. The summed E-state index contributed by atoms with van der Waals surface area (Å²) in [5.74, 6) is 2.01. The van der Waals surface area contributed by atoms with Gasteiger partial charge in [-0.15, -0.1) is 0 Å². The molecule has 160 valence electrons. The zero-order valence-electron chi connectivity index (χ0n) is 18.2. The lowest BCUT2D eigenvalue weighted by atomic mass is 10.0. The topological polar surface area (TPSA) is 49.3 Å². The predicted molar refractivity (Wildman–Crippen MR) is 126 cm³/mol. The summed E-state index contributed by atoms with van der Waals surface area (Å²) < 4.78 is 0. The Balaban J connectivity index is 1.59. The molecule has 0 N–H and O–H groups in total. The van der Waals surface area contributed by atoms with Crippen LogP contribution in [-0.2, 0) is 0 Å². The molecule has 4 rings (SSSR count). The summed E-state index contributed by atoms with van der Waals surface area (Å²) in [5.41, 5.74) is 3.75. The Morgan fingerprint density at radius 2 is 1.58 bits per heavy atom. The van der Waals surface area contributed by atoms with Crippen molar-refractivity contribution in [3.8, 4) is 11.4 Å². The number of nitrogens with zero attached hydrogens (tertiary/aromatic N) is 4. The highest BCUT2D eigenvalue weighted by Crippen LogP contribution is 2.31. The van der Waals surface area contributed by atoms with Crippen LogP contribution in [0.5, 0.6) is 0 Å². The number of aryl methyl sites for hydroxylation is 1. The molecule has 0 bridgehead atoms. The summed E-state index contributed by atoms with van der Waals surface area (Å²) in [4.78, 5) is 26.9. The van der Waals surface area contributed by atoms with Crippen molar-refractivity contribution in [3.63, 3.8) is 0 Å². The van der Waals surface area contributed by atoms with Gasteiger partial charge < -0.3 is 9.80 Å². The molecule has 31 heavy (non-hydrogen) atoms. The SMILES string of the molecule is Cc1nc(-c2ccccc2)nc(N2CCN(C(=O)c3ccccc3Cl)CC2)c1C(C)C. The molecule has 3 aromatic rings. The Kier molecular flexibility index (Phi) is 6.23. The first kappa shape index (κ1) is 21.3. The van der Waals surface area contributed by atoms with E-state index in [-0.39, 0.29) is 5.91 Å². The van der Waals surface area contributed by atoms with Crippen molar-refractivity contribution < 1.29 is 4.79 Å². The van der Waals surface area contributed by atoms with Crippen LogP contribution in [-0.4, -0.2) is 47.0 Å². The van der Waals surface area contributed by atoms with Gasteiger partial charge in [0.15, 0.2) is 5.82 Å². The molecular weight excluding hydrogens is 408 g/mol. The van der Waals surface area contributed by atoms with Crippen LogP contribution in [0.25, 0.3) is 11.4 Å². The molecule has 0 atom stereocenters. The maximum absolute atomic E-state index is 12.9. The summed E-state index contributed by atoms with van der Waals surface area (Å²) >= 11 is 6.24. The lowest BCUT2D eigenvalue weighted by Gasteiger charge is -2.37. The van der Waals surface area contributed by atoms with Crippen molar-refractivity contribution in [2.75, 3.05) is 31.1 Å². The first-order valence-electron chi connectivity index (χ1n) is 10.7. The van der Waals surface area contributed by atoms with Gasteiger partial charge in [-0.05, 0) is 25.0 Å². The molecule has 0 spiro atoms. The molecule has 2 aromatic carbocycles. The Labute approximate surface area is 188 Å². The predicted octanol–water partition coefficient (Wildman–Crippen LogP) is 5.19. The first-order chi connectivity index (χ1) is 15.0. The molecule has 0 unspecified atom stereocenters. The summed E-state index contributed by atoms with van der Waals surface area (Å²) in [7, 11) is 0. The van der Waals surface area contributed by atoms with E-state index in [1.807, 2.05) is 47.4 Å². The molecule has 1 amide bonds. The van der Waals surface area contributed by atoms with Crippen LogP contribution >= 0.6 is 11.6 Å². The Morgan fingerprint density at radius 1 is 0.935 bits per heavy atom. The molecule has 0 radical (unpaired) electrons. The van der Waals surface area contributed by atoms with E-state index in [1.165, 1.54) is 5.56 Å². The highest BCUT2D eigenvalue weighted by atomic mass is 35.5. The van der Waals surface area contributed by atoms with Crippen LogP contribution in [0, 0.1) is 6.92 Å². The van der Waals surface area contributed by atoms with Gasteiger partial charge in [0, 0.05) is 43.0 Å². The third kappa shape index (κ3) is 4.42. The number of carbonyl (C=O) groups excluding carboxylic acids is 1. The third-order valence-corrected chi connectivity index (χ3v) is 6.03. The Morgan fingerprint density at radius 3 is 2.23 bits per heavy atom. The molecule has 1 fully saturated rings. The smallest absolute Gasteiger partial charge is 0.255 e. The molecule has 1 saturated heterocycles. The summed E-state index contributed by atoms with van der Waals surface area (Å²) in [6, 6.07) is 17.3. The van der Waals surface area contributed by atoms with Crippen molar-refractivity contribution in [1.82, 2.24) is 14.9 Å². The number of aromatic nitrogens is 2. The van der Waals surface area contributed by atoms with Gasteiger partial charge in [0.1, 0.15) is 5.82 Å². The van der Waals surface area contributed by atoms with Crippen LogP contribution in [0.2, 0.25) is 5.02 Å². The lowest BCUT2D eigenvalue weighted by Crippen LogP contribution is -2.49. The number of amides is 1. The number of anilines is 1. The molecule has 1 aromatic heterocycles. The van der Waals surface area contributed by atoms with E-state index in [2.05, 4.69) is 25.7 Å². The molecule has 5 nitrogen and oxygen atoms in total. The van der Waals surface area contributed by atoms with Crippen LogP contribution < -0.4 is 4.90 Å². The van der Waals surface area contributed by atoms with E-state index >= 15 is 0 Å². The van der Waals surface area contributed by atoms with Gasteiger partial charge in [-0.3, -0.25) is 4.79 Å². The number of benzene rings is 2. The maximum atomic E-state index is 12.9. The quantitative estimate of drug-likeness (QED) is 0.566. The zero-order valence-corrected chi connectivity index (χ0v) is 18.9. The van der Waals surface area contributed by atoms with Crippen molar-refractivity contribution in [3.05, 3.63) is 76.4 Å². The van der Waals surface area contributed by atoms with Gasteiger partial charge in [-0.1, -0.05) is 67.9 Å². The summed E-state index contributed by atoms with van der Waals surface area (Å²) in [6.45, 7) is 9.12. The first-order valence-corrected chi connectivity index (χ1v) is 11.1. The molecule has 1 aliphatic rings. The lowest BCUT2D eigenvalue weighted by molar-refractivity contribution is 0.0746. The number of hydrogen-bond donors (Lipinski definition) is 0. The average molecular weight is 435 g/mol. The van der Waals surface area contributed by atoms with E-state index in [4.69, 9.17) is 21.6 Å². The molecule has 0 saturated carbocycles. The van der Waals surface area contributed by atoms with Gasteiger partial charge in [-0.25, -0.2) is 9.97 Å². The maximum Gasteiger partial charge on any atom is 0.255 e. The fourth-order valence-corrected chi connectivity index (χ4v) is 4.34. The Hall–Kier alpha value is -2.92. The fourth-order valence-electron chi connectivity index (χ4n) is 4.13. The highest BCUT2D eigenvalue weighted by Gasteiger charge is 2.27. The number of carbonyl (C=O) groups is 1. The minimum atomic E-state index is -0.0156. The summed E-state index contributed by atoms with van der Waals surface area (Å²) in [5, 5.41) is 0.496. The standard InChI is InChI=1S/C25H27ClN4O/c1-17(2)22-18(3)27-23(19-9-5-4-6-10-19)28-24(22)29-13-15-30(16-14-29)25(31)20-11-7-8-12-21(20)26/h4-12,17H,13-16H2,1-3H3. The monoisotopic (exact) mass is 434 g/mol. The van der Waals surface area contributed by atoms with E-state index in [9.17, 15) is 4.79 Å². The Bertz CT molecular complexity index is 1080. The van der Waals surface area contributed by atoms with E-state index in [0.29, 0.717) is 29.6 Å². The second-order valence-corrected chi connectivity index (χ2v) is 8.56. The van der Waals surface area contributed by atoms with Crippen LogP contribution in [0.3, 0.4) is 0 Å². The number of piperazine rings is 1. The number of rotatable bonds is 4. The van der Waals surface area contributed by atoms with Crippen molar-refractivity contribution in [2.24, 2.45) is 0 Å². The second kappa shape index (κ2) is 9.06. The van der Waals surface area contributed by atoms with Crippen LogP contribution in [0.4, 0.5) is 5.82 Å².